The first-order valence-corrected chi connectivity index (χ1v) is 8.38. The maximum absolute atomic E-state index is 11.6. The van der Waals surface area contributed by atoms with E-state index in [1.54, 1.807) is 13.0 Å². The molecule has 1 aromatic heterocycles. The molecule has 0 saturated heterocycles. The molecule has 1 rings (SSSR count). The van der Waals surface area contributed by atoms with Gasteiger partial charge in [0.05, 0.1) is 17.4 Å². The Labute approximate surface area is 138 Å². The van der Waals surface area contributed by atoms with E-state index in [0.29, 0.717) is 18.0 Å². The van der Waals surface area contributed by atoms with Crippen molar-refractivity contribution >= 4 is 35.4 Å². The number of hydrogen-bond acceptors (Lipinski definition) is 6. The Morgan fingerprint density at radius 1 is 1.35 bits per heavy atom. The highest BCUT2D eigenvalue weighted by Crippen LogP contribution is 2.09. The van der Waals surface area contributed by atoms with Crippen molar-refractivity contribution in [1.29, 1.82) is 0 Å². The Kier molecular flexibility index (Phi) is 8.17. The van der Waals surface area contributed by atoms with Gasteiger partial charge in [0.2, 0.25) is 11.8 Å². The number of nitrogens with one attached hydrogen (secondary N) is 2. The summed E-state index contributed by atoms with van der Waals surface area (Å²) in [6.07, 6.45) is 1.26. The average Bonchev–Trinajstić information content (AvgIpc) is 2.88. The molecule has 128 valence electrons. The fourth-order valence-corrected chi connectivity index (χ4v) is 2.44. The van der Waals surface area contributed by atoms with E-state index in [1.165, 1.54) is 0 Å². The number of carboxylic acid groups (broad SMARTS) is 1. The van der Waals surface area contributed by atoms with E-state index in [4.69, 9.17) is 9.63 Å². The van der Waals surface area contributed by atoms with Crippen molar-refractivity contribution in [2.45, 2.75) is 26.7 Å². The van der Waals surface area contributed by atoms with Crippen LogP contribution in [-0.2, 0) is 14.4 Å². The van der Waals surface area contributed by atoms with E-state index in [-0.39, 0.29) is 29.9 Å². The van der Waals surface area contributed by atoms with Crippen LogP contribution in [0.4, 0.5) is 5.82 Å². The van der Waals surface area contributed by atoms with Crippen LogP contribution in [0.5, 0.6) is 0 Å². The number of thioether (sulfide) groups is 1. The van der Waals surface area contributed by atoms with Crippen molar-refractivity contribution in [1.82, 2.24) is 10.5 Å². The molecule has 1 heterocycles. The second-order valence-electron chi connectivity index (χ2n) is 4.99. The lowest BCUT2D eigenvalue weighted by molar-refractivity contribution is -0.141. The lowest BCUT2D eigenvalue weighted by Crippen LogP contribution is -2.34. The predicted octanol–water partition coefficient (Wildman–Crippen LogP) is 1.27. The first-order valence-electron chi connectivity index (χ1n) is 7.22. The van der Waals surface area contributed by atoms with Crippen molar-refractivity contribution in [3.63, 3.8) is 0 Å². The molecule has 1 unspecified atom stereocenters. The summed E-state index contributed by atoms with van der Waals surface area (Å²) in [7, 11) is 0. The van der Waals surface area contributed by atoms with Gasteiger partial charge in [-0.25, -0.2) is 0 Å². The summed E-state index contributed by atoms with van der Waals surface area (Å²) >= 11 is 1.14. The molecule has 0 bridgehead atoms. The van der Waals surface area contributed by atoms with Crippen LogP contribution in [0, 0.1) is 12.8 Å². The summed E-state index contributed by atoms with van der Waals surface area (Å²) < 4.78 is 4.82. The smallest absolute Gasteiger partial charge is 0.308 e. The highest BCUT2D eigenvalue weighted by Gasteiger charge is 2.17. The third-order valence-corrected chi connectivity index (χ3v) is 3.83. The number of rotatable bonds is 10. The van der Waals surface area contributed by atoms with E-state index >= 15 is 0 Å². The van der Waals surface area contributed by atoms with Gasteiger partial charge in [-0.15, -0.1) is 11.8 Å². The van der Waals surface area contributed by atoms with Gasteiger partial charge in [-0.3, -0.25) is 14.4 Å². The van der Waals surface area contributed by atoms with Crippen LogP contribution in [-0.4, -0.2) is 46.1 Å². The summed E-state index contributed by atoms with van der Waals surface area (Å²) in [6.45, 7) is 3.71. The van der Waals surface area contributed by atoms with E-state index in [2.05, 4.69) is 15.8 Å². The quantitative estimate of drug-likeness (QED) is 0.585. The average molecular weight is 343 g/mol. The van der Waals surface area contributed by atoms with Crippen molar-refractivity contribution in [2.75, 3.05) is 23.4 Å². The molecule has 8 nitrogen and oxygen atoms in total. The molecule has 0 spiro atoms. The number of aryl methyl sites for hydroxylation is 1. The SMILES string of the molecule is CCCC(CNC(=O)CSCC(=O)Nc1cc(C)on1)C(=O)O. The number of carbonyl (C=O) groups is 3. The van der Waals surface area contributed by atoms with Crippen molar-refractivity contribution in [3.8, 4) is 0 Å². The topological polar surface area (TPSA) is 122 Å². The highest BCUT2D eigenvalue weighted by atomic mass is 32.2. The molecule has 0 fully saturated rings. The van der Waals surface area contributed by atoms with Crippen molar-refractivity contribution in [2.24, 2.45) is 5.92 Å². The minimum absolute atomic E-state index is 0.0870. The number of carbonyl (C=O) groups excluding carboxylic acids is 2. The first kappa shape index (κ1) is 19.0. The zero-order chi connectivity index (χ0) is 17.2. The Balaban J connectivity index is 2.20. The number of anilines is 1. The van der Waals surface area contributed by atoms with E-state index in [0.717, 1.165) is 18.2 Å². The van der Waals surface area contributed by atoms with Crippen LogP contribution in [0.2, 0.25) is 0 Å². The van der Waals surface area contributed by atoms with E-state index < -0.39 is 11.9 Å². The third kappa shape index (κ3) is 7.68. The van der Waals surface area contributed by atoms with Gasteiger partial charge in [-0.1, -0.05) is 18.5 Å². The van der Waals surface area contributed by atoms with Crippen LogP contribution in [0.3, 0.4) is 0 Å². The summed E-state index contributed by atoms with van der Waals surface area (Å²) in [6, 6.07) is 1.59. The molecule has 0 aliphatic carbocycles. The molecule has 3 N–H and O–H groups in total. The fraction of sp³-hybridized carbons (Fsp3) is 0.571. The van der Waals surface area contributed by atoms with Gasteiger partial charge in [0.1, 0.15) is 5.76 Å². The van der Waals surface area contributed by atoms with Crippen LogP contribution in [0.1, 0.15) is 25.5 Å². The maximum atomic E-state index is 11.6. The molecular weight excluding hydrogens is 322 g/mol. The van der Waals surface area contributed by atoms with E-state index in [1.807, 2.05) is 6.92 Å². The van der Waals surface area contributed by atoms with Gasteiger partial charge in [-0.2, -0.15) is 0 Å². The summed E-state index contributed by atoms with van der Waals surface area (Å²) in [5.41, 5.74) is 0. The highest BCUT2D eigenvalue weighted by molar-refractivity contribution is 8.00. The third-order valence-electron chi connectivity index (χ3n) is 2.89. The zero-order valence-electron chi connectivity index (χ0n) is 13.1. The minimum atomic E-state index is -0.915. The van der Waals surface area contributed by atoms with Crippen LogP contribution < -0.4 is 10.6 Å². The van der Waals surface area contributed by atoms with Gasteiger partial charge >= 0.3 is 5.97 Å². The first-order chi connectivity index (χ1) is 10.9. The minimum Gasteiger partial charge on any atom is -0.481 e. The largest absolute Gasteiger partial charge is 0.481 e. The van der Waals surface area contributed by atoms with Crippen LogP contribution >= 0.6 is 11.8 Å². The molecule has 0 aromatic carbocycles. The molecule has 9 heteroatoms. The second-order valence-corrected chi connectivity index (χ2v) is 5.98. The standard InChI is InChI=1S/C14H21N3O5S/c1-3-4-10(14(20)21)6-15-12(18)7-23-8-13(19)16-11-5-9(2)22-17-11/h5,10H,3-4,6-8H2,1-2H3,(H,15,18)(H,20,21)(H,16,17,19). The molecule has 0 aliphatic rings. The molecular formula is C14H21N3O5S. The lowest BCUT2D eigenvalue weighted by Gasteiger charge is -2.12. The van der Waals surface area contributed by atoms with Gasteiger partial charge in [0.25, 0.3) is 0 Å². The number of carboxylic acids is 1. The molecule has 2 amide bonds. The monoisotopic (exact) mass is 343 g/mol. The van der Waals surface area contributed by atoms with Crippen LogP contribution in [0.15, 0.2) is 10.6 Å². The van der Waals surface area contributed by atoms with Gasteiger partial charge in [0.15, 0.2) is 5.82 Å². The van der Waals surface area contributed by atoms with Gasteiger partial charge in [-0.05, 0) is 13.3 Å². The molecule has 1 atom stereocenters. The molecule has 0 aliphatic heterocycles. The number of amides is 2. The lowest BCUT2D eigenvalue weighted by atomic mass is 10.0. The number of hydrogen-bond donors (Lipinski definition) is 3. The van der Waals surface area contributed by atoms with Gasteiger partial charge in [0, 0.05) is 12.6 Å². The molecule has 23 heavy (non-hydrogen) atoms. The Bertz CT molecular complexity index is 546. The van der Waals surface area contributed by atoms with E-state index in [9.17, 15) is 14.4 Å². The second kappa shape index (κ2) is 9.88. The number of aliphatic carboxylic acids is 1. The summed E-state index contributed by atoms with van der Waals surface area (Å²) in [4.78, 5) is 34.2. The number of nitrogens with zero attached hydrogens (tertiary/aromatic N) is 1. The Morgan fingerprint density at radius 2 is 2.04 bits per heavy atom. The van der Waals surface area contributed by atoms with Crippen molar-refractivity contribution in [3.05, 3.63) is 11.8 Å². The van der Waals surface area contributed by atoms with Gasteiger partial charge < -0.3 is 20.3 Å². The van der Waals surface area contributed by atoms with Crippen LogP contribution in [0.25, 0.3) is 0 Å². The zero-order valence-corrected chi connectivity index (χ0v) is 13.9. The maximum Gasteiger partial charge on any atom is 0.308 e. The van der Waals surface area contributed by atoms with Crippen molar-refractivity contribution < 1.29 is 24.0 Å². The Hall–Kier alpha value is -2.03. The summed E-state index contributed by atoms with van der Waals surface area (Å²) in [5, 5.41) is 17.7. The predicted molar refractivity (Wildman–Crippen MR) is 86.2 cm³/mol. The number of aromatic nitrogens is 1. The summed E-state index contributed by atoms with van der Waals surface area (Å²) in [5.74, 6) is -0.961. The normalized spacial score (nSPS) is 11.7. The molecule has 0 radical (unpaired) electrons. The Morgan fingerprint density at radius 3 is 2.61 bits per heavy atom. The molecule has 1 aromatic rings. The molecule has 0 saturated carbocycles. The fourth-order valence-electron chi connectivity index (χ4n) is 1.79.